The van der Waals surface area contributed by atoms with Gasteiger partial charge in [-0.05, 0) is 43.9 Å². The van der Waals surface area contributed by atoms with Gasteiger partial charge in [0.05, 0.1) is 33.8 Å². The molecule has 1 aliphatic carbocycles. The van der Waals surface area contributed by atoms with Gasteiger partial charge in [0.2, 0.25) is 5.88 Å². The quantitative estimate of drug-likeness (QED) is 0.323. The van der Waals surface area contributed by atoms with Crippen molar-refractivity contribution in [3.05, 3.63) is 56.2 Å². The third-order valence-electron chi connectivity index (χ3n) is 6.20. The van der Waals surface area contributed by atoms with Gasteiger partial charge in [-0.1, -0.05) is 0 Å². The number of H-pyrrole nitrogens is 2. The van der Waals surface area contributed by atoms with E-state index in [2.05, 4.69) is 15.1 Å². The van der Waals surface area contributed by atoms with Crippen LogP contribution in [0.25, 0.3) is 22.3 Å². The number of fused-ring (bicyclic) bond motifs is 1. The maximum absolute atomic E-state index is 13.0. The van der Waals surface area contributed by atoms with Crippen LogP contribution in [0.4, 0.5) is 0 Å². The van der Waals surface area contributed by atoms with Crippen LogP contribution in [0.5, 0.6) is 5.88 Å². The molecule has 4 aromatic rings. The zero-order valence-corrected chi connectivity index (χ0v) is 19.5. The Bertz CT molecular complexity index is 1600. The second-order valence-corrected chi connectivity index (χ2v) is 9.95. The van der Waals surface area contributed by atoms with Crippen LogP contribution in [0, 0.1) is 0 Å². The molecule has 4 N–H and O–H groups in total. The second kappa shape index (κ2) is 8.47. The number of carbonyl (C=O) groups is 1. The fourth-order valence-electron chi connectivity index (χ4n) is 4.14. The Labute approximate surface area is 202 Å². The van der Waals surface area contributed by atoms with Gasteiger partial charge in [-0.2, -0.15) is 9.61 Å². The minimum Gasteiger partial charge on any atom is -0.493 e. The number of likely N-dealkylation sites (tertiary alicyclic amines) is 1. The zero-order chi connectivity index (χ0) is 24.1. The van der Waals surface area contributed by atoms with E-state index >= 15 is 0 Å². The number of aromatic hydroxyl groups is 1. The fraction of sp³-hybridized carbons (Fsp3) is 0.348. The highest BCUT2D eigenvalue weighted by Crippen LogP contribution is 2.28. The Morgan fingerprint density at radius 1 is 1.20 bits per heavy atom. The third-order valence-corrected chi connectivity index (χ3v) is 7.29. The van der Waals surface area contributed by atoms with Gasteiger partial charge in [-0.3, -0.25) is 14.8 Å². The van der Waals surface area contributed by atoms with Crippen molar-refractivity contribution in [2.24, 2.45) is 4.99 Å². The van der Waals surface area contributed by atoms with E-state index in [0.29, 0.717) is 52.9 Å². The molecule has 0 unspecified atom stereocenters. The lowest BCUT2D eigenvalue weighted by molar-refractivity contribution is 0.0550. The lowest BCUT2D eigenvalue weighted by Gasteiger charge is -2.29. The van der Waals surface area contributed by atoms with Crippen molar-refractivity contribution in [2.75, 3.05) is 13.1 Å². The smallest absolute Gasteiger partial charge is 0.326 e. The number of carbonyl (C=O) groups excluding carboxylic acids is 1. The molecule has 0 aromatic carbocycles. The molecule has 0 bridgehead atoms. The molecule has 0 radical (unpaired) electrons. The number of aliphatic hydroxyl groups excluding tert-OH is 1. The van der Waals surface area contributed by atoms with Crippen LogP contribution in [0.15, 0.2) is 34.2 Å². The molecule has 2 fully saturated rings. The van der Waals surface area contributed by atoms with Gasteiger partial charge in [0, 0.05) is 24.4 Å². The van der Waals surface area contributed by atoms with E-state index in [4.69, 9.17) is 9.98 Å². The Kier molecular flexibility index (Phi) is 5.26. The summed E-state index contributed by atoms with van der Waals surface area (Å²) < 4.78 is 1.65. The first-order chi connectivity index (χ1) is 16.9. The number of amides is 1. The number of hydrogen-bond acceptors (Lipinski definition) is 8. The molecule has 1 saturated heterocycles. The van der Waals surface area contributed by atoms with Crippen LogP contribution >= 0.6 is 11.3 Å². The number of thiophene rings is 1. The number of piperidine rings is 1. The van der Waals surface area contributed by atoms with Crippen molar-refractivity contribution in [1.82, 2.24) is 29.5 Å². The van der Waals surface area contributed by atoms with Crippen LogP contribution < -0.4 is 16.4 Å². The summed E-state index contributed by atoms with van der Waals surface area (Å²) in [6.07, 6.45) is 6.11. The first-order valence-electron chi connectivity index (χ1n) is 11.5. The normalized spacial score (nSPS) is 18.1. The minimum absolute atomic E-state index is 0.0395. The molecular formula is C23H23N7O4S. The molecule has 12 heteroatoms. The van der Waals surface area contributed by atoms with E-state index in [1.807, 2.05) is 18.2 Å². The summed E-state index contributed by atoms with van der Waals surface area (Å²) in [5.41, 5.74) is 1.56. The summed E-state index contributed by atoms with van der Waals surface area (Å²) in [4.78, 5) is 42.1. The van der Waals surface area contributed by atoms with Crippen molar-refractivity contribution in [1.29, 1.82) is 0 Å². The molecule has 1 saturated carbocycles. The summed E-state index contributed by atoms with van der Waals surface area (Å²) >= 11 is 1.37. The summed E-state index contributed by atoms with van der Waals surface area (Å²) in [5, 5.41) is 24.7. The molecule has 6 rings (SSSR count). The standard InChI is InChI=1S/C23H23N7O4S/c31-14-5-7-29(8-6-14)22(33)18-4-3-17(35-18)15-10-19(25-13-1-2-13)30-20(26-15)12(11-24-30)9-16-21(32)28-23(34)27-16/h3-4,9-11,13-14,31-32H,1-2,5-8H2,(H2,27,28,34)/b12-9-,25-19?. The maximum atomic E-state index is 13.0. The van der Waals surface area contributed by atoms with E-state index in [9.17, 15) is 19.8 Å². The predicted molar refractivity (Wildman–Crippen MR) is 128 cm³/mol. The number of aromatic amines is 2. The van der Waals surface area contributed by atoms with Gasteiger partial charge in [-0.25, -0.2) is 9.78 Å². The topological polar surface area (TPSA) is 152 Å². The van der Waals surface area contributed by atoms with Crippen molar-refractivity contribution in [3.8, 4) is 16.5 Å². The van der Waals surface area contributed by atoms with Gasteiger partial charge < -0.3 is 20.1 Å². The Morgan fingerprint density at radius 2 is 2.00 bits per heavy atom. The molecular weight excluding hydrogens is 470 g/mol. The number of rotatable bonds is 4. The zero-order valence-electron chi connectivity index (χ0n) is 18.6. The Morgan fingerprint density at radius 3 is 2.71 bits per heavy atom. The predicted octanol–water partition coefficient (Wildman–Crippen LogP) is 0.387. The second-order valence-electron chi connectivity index (χ2n) is 8.87. The number of nitrogens with one attached hydrogen (secondary N) is 2. The van der Waals surface area contributed by atoms with Gasteiger partial charge in [0.1, 0.15) is 5.69 Å². The van der Waals surface area contributed by atoms with Gasteiger partial charge >= 0.3 is 5.69 Å². The Balaban J connectivity index is 1.42. The first kappa shape index (κ1) is 21.7. The molecule has 35 heavy (non-hydrogen) atoms. The van der Waals surface area contributed by atoms with Crippen LogP contribution in [0.2, 0.25) is 0 Å². The number of aromatic nitrogens is 5. The van der Waals surface area contributed by atoms with E-state index in [-0.39, 0.29) is 29.6 Å². The van der Waals surface area contributed by atoms with Crippen molar-refractivity contribution >= 4 is 29.0 Å². The highest BCUT2D eigenvalue weighted by Gasteiger charge is 2.24. The summed E-state index contributed by atoms with van der Waals surface area (Å²) in [7, 11) is 0. The largest absolute Gasteiger partial charge is 0.493 e. The number of aliphatic hydroxyl groups is 1. The maximum Gasteiger partial charge on any atom is 0.326 e. The first-order valence-corrected chi connectivity index (χ1v) is 12.3. The summed E-state index contributed by atoms with van der Waals surface area (Å²) in [5.74, 6) is -0.303. The molecule has 5 heterocycles. The minimum atomic E-state index is -0.512. The van der Waals surface area contributed by atoms with Crippen LogP contribution in [-0.2, 0) is 0 Å². The van der Waals surface area contributed by atoms with Crippen LogP contribution in [0.1, 0.15) is 41.0 Å². The molecule has 180 valence electrons. The van der Waals surface area contributed by atoms with Gasteiger partial charge in [-0.15, -0.1) is 11.3 Å². The van der Waals surface area contributed by atoms with Crippen LogP contribution in [0.3, 0.4) is 0 Å². The third kappa shape index (κ3) is 4.26. The van der Waals surface area contributed by atoms with E-state index < -0.39 is 5.69 Å². The molecule has 11 nitrogen and oxygen atoms in total. The SMILES string of the molecule is O=C(c1ccc(-c2cc(=NC3CC3)n3nc/c(=C/c4[nH]c(=O)[nH]c4O)c3n2)s1)N1CCC(O)CC1. The van der Waals surface area contributed by atoms with Crippen LogP contribution in [-0.4, -0.2) is 70.8 Å². The monoisotopic (exact) mass is 493 g/mol. The van der Waals surface area contributed by atoms with Crippen molar-refractivity contribution in [2.45, 2.75) is 37.8 Å². The van der Waals surface area contributed by atoms with Gasteiger partial charge in [0.25, 0.3) is 5.91 Å². The van der Waals surface area contributed by atoms with Gasteiger partial charge in [0.15, 0.2) is 11.1 Å². The van der Waals surface area contributed by atoms with E-state index in [1.54, 1.807) is 21.7 Å². The lowest BCUT2D eigenvalue weighted by atomic mass is 10.1. The molecule has 0 spiro atoms. The average Bonchev–Trinajstić information content (AvgIpc) is 3.23. The molecule has 4 aromatic heterocycles. The van der Waals surface area contributed by atoms with Crippen molar-refractivity contribution < 1.29 is 15.0 Å². The molecule has 0 atom stereocenters. The molecule has 2 aliphatic rings. The lowest BCUT2D eigenvalue weighted by Crippen LogP contribution is -2.39. The molecule has 1 aliphatic heterocycles. The highest BCUT2D eigenvalue weighted by atomic mass is 32.1. The summed E-state index contributed by atoms with van der Waals surface area (Å²) in [6, 6.07) is 5.81. The number of nitrogens with zero attached hydrogens (tertiary/aromatic N) is 5. The average molecular weight is 494 g/mol. The van der Waals surface area contributed by atoms with E-state index in [1.165, 1.54) is 11.3 Å². The molecule has 1 amide bonds. The summed E-state index contributed by atoms with van der Waals surface area (Å²) in [6.45, 7) is 1.09. The number of imidazole rings is 1. The van der Waals surface area contributed by atoms with E-state index in [0.717, 1.165) is 17.7 Å². The van der Waals surface area contributed by atoms with Crippen molar-refractivity contribution in [3.63, 3.8) is 0 Å². The fourth-order valence-corrected chi connectivity index (χ4v) is 5.07. The Hall–Kier alpha value is -3.77. The number of hydrogen-bond donors (Lipinski definition) is 4. The highest BCUT2D eigenvalue weighted by molar-refractivity contribution is 7.17.